The number of piperidine rings is 2. The zero-order chi connectivity index (χ0) is 18.6. The molecule has 0 aromatic heterocycles. The van der Waals surface area contributed by atoms with Crippen molar-refractivity contribution in [1.29, 1.82) is 0 Å². The van der Waals surface area contributed by atoms with Gasteiger partial charge in [-0.05, 0) is 93.1 Å². The van der Waals surface area contributed by atoms with Crippen LogP contribution in [0.15, 0.2) is 23.1 Å². The van der Waals surface area contributed by atoms with Gasteiger partial charge in [0.25, 0.3) is 0 Å². The highest BCUT2D eigenvalue weighted by Crippen LogP contribution is 2.28. The number of hydrogen-bond acceptors (Lipinski definition) is 3. The summed E-state index contributed by atoms with van der Waals surface area (Å²) in [7, 11) is 0. The summed E-state index contributed by atoms with van der Waals surface area (Å²) < 4.78 is 0. The van der Waals surface area contributed by atoms with Crippen molar-refractivity contribution in [2.45, 2.75) is 56.8 Å². The van der Waals surface area contributed by atoms with Gasteiger partial charge in [-0.15, -0.1) is 11.8 Å². The number of carbonyl (C=O) groups excluding carboxylic acids is 1. The largest absolute Gasteiger partial charge is 0.342 e. The van der Waals surface area contributed by atoms with Crippen LogP contribution in [0.1, 0.15) is 50.2 Å². The summed E-state index contributed by atoms with van der Waals surface area (Å²) in [6.45, 7) is 7.98. The molecule has 0 bridgehead atoms. The molecule has 0 N–H and O–H groups in total. The maximum atomic E-state index is 12.8. The normalized spacial score (nSPS) is 24.2. The molecule has 1 aliphatic carbocycles. The zero-order valence-electron chi connectivity index (χ0n) is 16.8. The molecule has 4 heteroatoms. The fraction of sp³-hybridized carbons (Fsp3) is 0.696. The monoisotopic (exact) mass is 386 g/mol. The summed E-state index contributed by atoms with van der Waals surface area (Å²) in [5.74, 6) is 2.48. The van der Waals surface area contributed by atoms with Crippen molar-refractivity contribution in [3.8, 4) is 0 Å². The average Bonchev–Trinajstić information content (AvgIpc) is 3.16. The minimum Gasteiger partial charge on any atom is -0.342 e. The maximum Gasteiger partial charge on any atom is 0.232 e. The Hall–Kier alpha value is -1.00. The van der Waals surface area contributed by atoms with Gasteiger partial charge in [-0.2, -0.15) is 0 Å². The van der Waals surface area contributed by atoms with E-state index in [0.29, 0.717) is 17.6 Å². The number of thioether (sulfide) groups is 1. The molecule has 0 radical (unpaired) electrons. The summed E-state index contributed by atoms with van der Waals surface area (Å²) in [6.07, 6.45) is 8.86. The lowest BCUT2D eigenvalue weighted by Gasteiger charge is -2.37. The minimum atomic E-state index is 0.331. The van der Waals surface area contributed by atoms with E-state index in [2.05, 4.69) is 34.9 Å². The SMILES string of the molecule is CC1CCN(CC2CCCN(C(=O)CSc3ccc4c(c3)CCC4)C2)CC1. The fourth-order valence-electron chi connectivity index (χ4n) is 4.92. The number of aryl methyl sites for hydroxylation is 2. The van der Waals surface area contributed by atoms with Crippen LogP contribution >= 0.6 is 11.8 Å². The number of carbonyl (C=O) groups is 1. The minimum absolute atomic E-state index is 0.331. The molecule has 148 valence electrons. The lowest BCUT2D eigenvalue weighted by atomic mass is 9.94. The highest BCUT2D eigenvalue weighted by atomic mass is 32.2. The van der Waals surface area contributed by atoms with Crippen molar-refractivity contribution >= 4 is 17.7 Å². The molecule has 27 heavy (non-hydrogen) atoms. The smallest absolute Gasteiger partial charge is 0.232 e. The predicted octanol–water partition coefficient (Wildman–Crippen LogP) is 4.24. The zero-order valence-corrected chi connectivity index (χ0v) is 17.6. The first-order valence-electron chi connectivity index (χ1n) is 10.9. The third-order valence-corrected chi connectivity index (χ3v) is 7.68. The molecule has 3 aliphatic rings. The van der Waals surface area contributed by atoms with Gasteiger partial charge in [0.05, 0.1) is 5.75 Å². The second-order valence-corrected chi connectivity index (χ2v) is 9.95. The molecule has 0 saturated carbocycles. The average molecular weight is 387 g/mol. The molecule has 1 atom stereocenters. The van der Waals surface area contributed by atoms with Gasteiger partial charge in [-0.25, -0.2) is 0 Å². The standard InChI is InChI=1S/C23H34N2OS/c1-18-9-12-24(13-10-18)15-19-4-3-11-25(16-19)23(26)17-27-22-8-7-20-5-2-6-21(20)14-22/h7-8,14,18-19H,2-6,9-13,15-17H2,1H3. The molecule has 3 nitrogen and oxygen atoms in total. The molecule has 2 aliphatic heterocycles. The van der Waals surface area contributed by atoms with Crippen molar-refractivity contribution in [3.63, 3.8) is 0 Å². The Bertz CT molecular complexity index is 654. The van der Waals surface area contributed by atoms with Crippen LogP contribution in [-0.4, -0.2) is 54.2 Å². The molecule has 1 aromatic rings. The second kappa shape index (κ2) is 9.00. The summed E-state index contributed by atoms with van der Waals surface area (Å²) >= 11 is 1.72. The van der Waals surface area contributed by atoms with Crippen molar-refractivity contribution in [3.05, 3.63) is 29.3 Å². The van der Waals surface area contributed by atoms with E-state index >= 15 is 0 Å². The lowest BCUT2D eigenvalue weighted by Crippen LogP contribution is -2.45. The Morgan fingerprint density at radius 1 is 1.07 bits per heavy atom. The van der Waals surface area contributed by atoms with E-state index in [1.807, 2.05) is 0 Å². The number of fused-ring (bicyclic) bond motifs is 1. The molecule has 1 aromatic carbocycles. The van der Waals surface area contributed by atoms with Gasteiger partial charge >= 0.3 is 0 Å². The van der Waals surface area contributed by atoms with Crippen LogP contribution < -0.4 is 0 Å². The summed E-state index contributed by atoms with van der Waals surface area (Å²) in [6, 6.07) is 6.79. The predicted molar refractivity (Wildman–Crippen MR) is 113 cm³/mol. The third-order valence-electron chi connectivity index (χ3n) is 6.70. The number of nitrogens with zero attached hydrogens (tertiary/aromatic N) is 2. The fourth-order valence-corrected chi connectivity index (χ4v) is 5.79. The quantitative estimate of drug-likeness (QED) is 0.707. The van der Waals surface area contributed by atoms with Gasteiger partial charge < -0.3 is 9.80 Å². The number of likely N-dealkylation sites (tertiary alicyclic amines) is 2. The molecular weight excluding hydrogens is 352 g/mol. The van der Waals surface area contributed by atoms with Gasteiger partial charge in [0.15, 0.2) is 0 Å². The molecule has 0 spiro atoms. The van der Waals surface area contributed by atoms with Crippen LogP contribution in [0.2, 0.25) is 0 Å². The second-order valence-electron chi connectivity index (χ2n) is 8.90. The van der Waals surface area contributed by atoms with Crippen LogP contribution in [-0.2, 0) is 17.6 Å². The Kier molecular flexibility index (Phi) is 6.44. The first kappa shape index (κ1) is 19.3. The lowest BCUT2D eigenvalue weighted by molar-refractivity contribution is -0.130. The highest BCUT2D eigenvalue weighted by molar-refractivity contribution is 8.00. The van der Waals surface area contributed by atoms with Crippen LogP contribution in [0.5, 0.6) is 0 Å². The maximum absolute atomic E-state index is 12.8. The summed E-state index contributed by atoms with van der Waals surface area (Å²) in [5.41, 5.74) is 3.01. The molecule has 2 fully saturated rings. The van der Waals surface area contributed by atoms with Gasteiger partial charge in [-0.1, -0.05) is 13.0 Å². The van der Waals surface area contributed by atoms with Crippen LogP contribution in [0.25, 0.3) is 0 Å². The number of benzene rings is 1. The molecular formula is C23H34N2OS. The van der Waals surface area contributed by atoms with E-state index < -0.39 is 0 Å². The number of rotatable bonds is 5. The van der Waals surface area contributed by atoms with E-state index in [-0.39, 0.29) is 0 Å². The van der Waals surface area contributed by atoms with Gasteiger partial charge in [0.2, 0.25) is 5.91 Å². The number of amides is 1. The van der Waals surface area contributed by atoms with E-state index in [1.165, 1.54) is 80.6 Å². The van der Waals surface area contributed by atoms with Crippen molar-refractivity contribution in [2.24, 2.45) is 11.8 Å². The first-order chi connectivity index (χ1) is 13.2. The van der Waals surface area contributed by atoms with Crippen LogP contribution in [0.3, 0.4) is 0 Å². The summed E-state index contributed by atoms with van der Waals surface area (Å²) in [5, 5.41) is 0. The Morgan fingerprint density at radius 2 is 1.89 bits per heavy atom. The first-order valence-corrected chi connectivity index (χ1v) is 11.9. The third kappa shape index (κ3) is 5.08. The Balaban J connectivity index is 1.24. The molecule has 4 rings (SSSR count). The van der Waals surface area contributed by atoms with Crippen LogP contribution in [0.4, 0.5) is 0 Å². The van der Waals surface area contributed by atoms with E-state index in [0.717, 1.165) is 19.0 Å². The molecule has 2 saturated heterocycles. The Morgan fingerprint density at radius 3 is 2.74 bits per heavy atom. The topological polar surface area (TPSA) is 23.6 Å². The van der Waals surface area contributed by atoms with E-state index in [9.17, 15) is 4.79 Å². The van der Waals surface area contributed by atoms with Crippen LogP contribution in [0, 0.1) is 11.8 Å². The molecule has 2 heterocycles. The van der Waals surface area contributed by atoms with Crippen molar-refractivity contribution in [2.75, 3.05) is 38.5 Å². The summed E-state index contributed by atoms with van der Waals surface area (Å²) in [4.78, 5) is 18.8. The Labute approximate surface area is 168 Å². The van der Waals surface area contributed by atoms with Gasteiger partial charge in [-0.3, -0.25) is 4.79 Å². The van der Waals surface area contributed by atoms with Crippen molar-refractivity contribution in [1.82, 2.24) is 9.80 Å². The van der Waals surface area contributed by atoms with Crippen molar-refractivity contribution < 1.29 is 4.79 Å². The van der Waals surface area contributed by atoms with E-state index in [4.69, 9.17) is 0 Å². The van der Waals surface area contributed by atoms with E-state index in [1.54, 1.807) is 11.8 Å². The molecule has 1 unspecified atom stereocenters. The molecule has 1 amide bonds. The highest BCUT2D eigenvalue weighted by Gasteiger charge is 2.26. The number of hydrogen-bond donors (Lipinski definition) is 0. The van der Waals surface area contributed by atoms with Gasteiger partial charge in [0, 0.05) is 24.5 Å². The van der Waals surface area contributed by atoms with Gasteiger partial charge in [0.1, 0.15) is 0 Å².